The van der Waals surface area contributed by atoms with Crippen LogP contribution in [0.1, 0.15) is 37.3 Å². The molecule has 5 rings (SSSR count). The number of amides is 1. The summed E-state index contributed by atoms with van der Waals surface area (Å²) in [7, 11) is 0. The van der Waals surface area contributed by atoms with E-state index in [1.54, 1.807) is 18.7 Å². The van der Waals surface area contributed by atoms with Gasteiger partial charge >= 0.3 is 5.97 Å². The first-order chi connectivity index (χ1) is 17.9. The van der Waals surface area contributed by atoms with Crippen molar-refractivity contribution in [1.82, 2.24) is 9.80 Å². The number of carbonyl (C=O) groups excluding carboxylic acids is 1. The molecule has 1 amide bonds. The van der Waals surface area contributed by atoms with Crippen LogP contribution in [0.5, 0.6) is 0 Å². The number of benzene rings is 2. The summed E-state index contributed by atoms with van der Waals surface area (Å²) in [4.78, 5) is 28.8. The highest BCUT2D eigenvalue weighted by atomic mass is 32.2. The zero-order valence-corrected chi connectivity index (χ0v) is 22.5. The Balaban J connectivity index is 1.34. The molecular formula is C29H32N2O4S2. The summed E-state index contributed by atoms with van der Waals surface area (Å²) in [5, 5.41) is 20.3. The number of thiocarbonyl (C=S) groups is 1. The molecule has 2 aromatic carbocycles. The number of aliphatic hydroxyl groups is 1. The monoisotopic (exact) mass is 536 g/mol. The summed E-state index contributed by atoms with van der Waals surface area (Å²) in [5.41, 5.74) is 3.39. The second-order valence-corrected chi connectivity index (χ2v) is 11.9. The highest BCUT2D eigenvalue weighted by Crippen LogP contribution is 2.54. The molecule has 3 aliphatic rings. The Bertz CT molecular complexity index is 1160. The van der Waals surface area contributed by atoms with Crippen molar-refractivity contribution in [2.24, 2.45) is 17.8 Å². The van der Waals surface area contributed by atoms with Gasteiger partial charge in [-0.1, -0.05) is 91.1 Å². The van der Waals surface area contributed by atoms with E-state index in [0.29, 0.717) is 18.8 Å². The molecule has 0 bridgehead atoms. The molecule has 2 heterocycles. The lowest BCUT2D eigenvalue weighted by atomic mass is 9.70. The largest absolute Gasteiger partial charge is 0.477 e. The lowest BCUT2D eigenvalue weighted by molar-refractivity contribution is -0.163. The van der Waals surface area contributed by atoms with E-state index in [-0.39, 0.29) is 29.5 Å². The first-order valence-corrected chi connectivity index (χ1v) is 14.2. The standard InChI is InChI=1S/C29H32N2O4S2/c1-18(32)23-25-22-14-8-13-21(24(22)26(28(34)35)31(25)27(23)33)17-37-29(36)30(15-19-9-4-2-5-10-19)16-20-11-6-3-7-12-20/h2-7,9-12,18,21-23,25,32H,8,13-17H2,1H3,(H,34,35)/t18-,21+,22+,23-,25-/m1/s1. The van der Waals surface area contributed by atoms with Crippen molar-refractivity contribution >= 4 is 40.2 Å². The number of carboxylic acid groups (broad SMARTS) is 1. The summed E-state index contributed by atoms with van der Waals surface area (Å²) < 4.78 is 0.784. The van der Waals surface area contributed by atoms with Crippen molar-refractivity contribution in [3.63, 3.8) is 0 Å². The molecule has 2 fully saturated rings. The number of aliphatic carboxylic acids is 1. The first-order valence-electron chi connectivity index (χ1n) is 12.8. The lowest BCUT2D eigenvalue weighted by Gasteiger charge is -2.47. The lowest BCUT2D eigenvalue weighted by Crippen LogP contribution is -2.64. The number of carbonyl (C=O) groups is 2. The summed E-state index contributed by atoms with van der Waals surface area (Å²) in [5.74, 6) is -1.11. The summed E-state index contributed by atoms with van der Waals surface area (Å²) in [6.45, 7) is 3.01. The molecule has 0 radical (unpaired) electrons. The van der Waals surface area contributed by atoms with Gasteiger partial charge in [0.1, 0.15) is 10.0 Å². The molecule has 1 aliphatic carbocycles. The van der Waals surface area contributed by atoms with E-state index < -0.39 is 18.0 Å². The molecule has 2 aromatic rings. The summed E-state index contributed by atoms with van der Waals surface area (Å²) in [6.07, 6.45) is 1.92. The Hall–Kier alpha value is -2.68. The highest BCUT2D eigenvalue weighted by Gasteiger charge is 2.62. The molecule has 1 saturated carbocycles. The van der Waals surface area contributed by atoms with Gasteiger partial charge in [-0.25, -0.2) is 4.79 Å². The Labute approximate surface area is 227 Å². The van der Waals surface area contributed by atoms with Crippen LogP contribution in [-0.2, 0) is 22.7 Å². The van der Waals surface area contributed by atoms with E-state index in [2.05, 4.69) is 29.2 Å². The van der Waals surface area contributed by atoms with Crippen LogP contribution >= 0.6 is 24.0 Å². The van der Waals surface area contributed by atoms with Crippen molar-refractivity contribution in [1.29, 1.82) is 0 Å². The van der Waals surface area contributed by atoms with E-state index in [4.69, 9.17) is 12.2 Å². The number of hydrogen-bond acceptors (Lipinski definition) is 5. The predicted molar refractivity (Wildman–Crippen MR) is 148 cm³/mol. The van der Waals surface area contributed by atoms with Crippen LogP contribution in [0.3, 0.4) is 0 Å². The Kier molecular flexibility index (Phi) is 7.70. The van der Waals surface area contributed by atoms with Gasteiger partial charge in [-0.2, -0.15) is 0 Å². The Morgan fingerprint density at radius 3 is 2.22 bits per heavy atom. The molecule has 37 heavy (non-hydrogen) atoms. The number of nitrogens with zero attached hydrogens (tertiary/aromatic N) is 2. The van der Waals surface area contributed by atoms with E-state index in [1.807, 2.05) is 36.4 Å². The summed E-state index contributed by atoms with van der Waals surface area (Å²) >= 11 is 7.53. The second kappa shape index (κ2) is 11.0. The normalized spacial score (nSPS) is 25.2. The SMILES string of the molecule is C[C@@H](O)[C@H]1C(=O)N2C(C(=O)O)=C3[C@H](CSC(=S)N(Cc4ccccc4)Cc4ccccc4)CCC[C@@H]3[C@H]12. The first kappa shape index (κ1) is 25.9. The third-order valence-electron chi connectivity index (χ3n) is 7.84. The molecule has 6 nitrogen and oxygen atoms in total. The molecule has 1 saturated heterocycles. The number of carboxylic acids is 1. The minimum Gasteiger partial charge on any atom is -0.477 e. The van der Waals surface area contributed by atoms with Crippen LogP contribution in [-0.4, -0.2) is 54.1 Å². The minimum absolute atomic E-state index is 0.000983. The van der Waals surface area contributed by atoms with Crippen molar-refractivity contribution in [2.45, 2.75) is 51.4 Å². The second-order valence-electron chi connectivity index (χ2n) is 10.2. The number of rotatable bonds is 8. The fraction of sp³-hybridized carbons (Fsp3) is 0.414. The van der Waals surface area contributed by atoms with Gasteiger partial charge in [-0.3, -0.25) is 4.79 Å². The molecule has 2 N–H and O–H groups in total. The van der Waals surface area contributed by atoms with Crippen LogP contribution in [0.2, 0.25) is 0 Å². The number of β-lactam (4-membered cyclic amide) rings is 1. The van der Waals surface area contributed by atoms with E-state index in [1.165, 1.54) is 16.0 Å². The Morgan fingerprint density at radius 2 is 1.68 bits per heavy atom. The zero-order valence-electron chi connectivity index (χ0n) is 20.8. The maximum absolute atomic E-state index is 12.8. The molecule has 0 unspecified atom stereocenters. The maximum Gasteiger partial charge on any atom is 0.352 e. The quantitative estimate of drug-likeness (QED) is 0.374. The van der Waals surface area contributed by atoms with Crippen LogP contribution in [0.25, 0.3) is 0 Å². The highest BCUT2D eigenvalue weighted by molar-refractivity contribution is 8.22. The van der Waals surface area contributed by atoms with Gasteiger partial charge in [0, 0.05) is 24.8 Å². The zero-order chi connectivity index (χ0) is 26.1. The van der Waals surface area contributed by atoms with Crippen molar-refractivity contribution < 1.29 is 19.8 Å². The molecular weight excluding hydrogens is 504 g/mol. The van der Waals surface area contributed by atoms with Gasteiger partial charge in [0.15, 0.2) is 0 Å². The smallest absolute Gasteiger partial charge is 0.352 e. The molecule has 5 atom stereocenters. The van der Waals surface area contributed by atoms with Gasteiger partial charge < -0.3 is 20.0 Å². The van der Waals surface area contributed by atoms with Gasteiger partial charge in [0.25, 0.3) is 0 Å². The fourth-order valence-electron chi connectivity index (χ4n) is 6.23. The number of fused-ring (bicyclic) bond motifs is 3. The van der Waals surface area contributed by atoms with Crippen molar-refractivity contribution in [2.75, 3.05) is 5.75 Å². The molecule has 2 aliphatic heterocycles. The van der Waals surface area contributed by atoms with E-state index >= 15 is 0 Å². The van der Waals surface area contributed by atoms with Gasteiger partial charge in [-0.05, 0) is 42.4 Å². The number of aliphatic hydroxyl groups excluding tert-OH is 1. The van der Waals surface area contributed by atoms with Crippen LogP contribution in [0.15, 0.2) is 71.9 Å². The van der Waals surface area contributed by atoms with Gasteiger partial charge in [-0.15, -0.1) is 0 Å². The minimum atomic E-state index is -1.05. The molecule has 194 valence electrons. The van der Waals surface area contributed by atoms with Crippen molar-refractivity contribution in [3.8, 4) is 0 Å². The molecule has 0 aromatic heterocycles. The number of thioether (sulfide) groups is 1. The van der Waals surface area contributed by atoms with E-state index in [0.717, 1.165) is 29.2 Å². The third kappa shape index (κ3) is 5.07. The Morgan fingerprint density at radius 1 is 1.08 bits per heavy atom. The van der Waals surface area contributed by atoms with Gasteiger partial charge in [0.2, 0.25) is 5.91 Å². The molecule has 0 spiro atoms. The molecule has 8 heteroatoms. The third-order valence-corrected chi connectivity index (χ3v) is 9.53. The summed E-state index contributed by atoms with van der Waals surface area (Å²) in [6, 6.07) is 20.3. The number of hydrogen-bond donors (Lipinski definition) is 2. The van der Waals surface area contributed by atoms with E-state index in [9.17, 15) is 19.8 Å². The van der Waals surface area contributed by atoms with Crippen LogP contribution in [0.4, 0.5) is 0 Å². The van der Waals surface area contributed by atoms with Crippen LogP contribution < -0.4 is 0 Å². The van der Waals surface area contributed by atoms with Crippen molar-refractivity contribution in [3.05, 3.63) is 83.1 Å². The topological polar surface area (TPSA) is 81.1 Å². The van der Waals surface area contributed by atoms with Crippen LogP contribution in [0, 0.1) is 17.8 Å². The average Bonchev–Trinajstić information content (AvgIpc) is 3.19. The predicted octanol–water partition coefficient (Wildman–Crippen LogP) is 4.68. The fourth-order valence-corrected chi connectivity index (χ4v) is 7.56. The maximum atomic E-state index is 12.8. The van der Waals surface area contributed by atoms with Gasteiger partial charge in [0.05, 0.1) is 18.1 Å². The average molecular weight is 537 g/mol.